The Morgan fingerprint density at radius 3 is 2.73 bits per heavy atom. The number of aromatic nitrogens is 3. The Kier molecular flexibility index (Phi) is 6.34. The van der Waals surface area contributed by atoms with Crippen LogP contribution >= 0.6 is 23.1 Å². The van der Waals surface area contributed by atoms with Gasteiger partial charge < -0.3 is 10.7 Å². The van der Waals surface area contributed by atoms with Crippen molar-refractivity contribution in [3.05, 3.63) is 69.4 Å². The third-order valence-electron chi connectivity index (χ3n) is 3.95. The number of hydrogen-bond acceptors (Lipinski definition) is 6. The molecule has 2 aromatic heterocycles. The molecule has 0 amide bonds. The van der Waals surface area contributed by atoms with E-state index in [9.17, 15) is 0 Å². The van der Waals surface area contributed by atoms with Crippen LogP contribution in [0.3, 0.4) is 0 Å². The molecule has 0 spiro atoms. The fourth-order valence-electron chi connectivity index (χ4n) is 2.70. The van der Waals surface area contributed by atoms with Crippen molar-refractivity contribution in [1.82, 2.24) is 19.8 Å². The molecule has 26 heavy (non-hydrogen) atoms. The lowest BCUT2D eigenvalue weighted by atomic mass is 10.1. The minimum Gasteiger partial charge on any atom is -0.321 e. The lowest BCUT2D eigenvalue weighted by molar-refractivity contribution is 0.406. The average Bonchev–Trinajstić information content (AvgIpc) is 3.19. The van der Waals surface area contributed by atoms with Crippen LogP contribution in [-0.4, -0.2) is 33.9 Å². The van der Waals surface area contributed by atoms with Gasteiger partial charge in [-0.1, -0.05) is 30.3 Å². The summed E-state index contributed by atoms with van der Waals surface area (Å²) in [5.74, 6) is 8.59. The van der Waals surface area contributed by atoms with Crippen molar-refractivity contribution in [3.8, 4) is 0 Å². The predicted molar refractivity (Wildman–Crippen MR) is 111 cm³/mol. The van der Waals surface area contributed by atoms with E-state index in [4.69, 9.17) is 5.84 Å². The topological polar surface area (TPSA) is 60.0 Å². The van der Waals surface area contributed by atoms with Crippen molar-refractivity contribution >= 4 is 23.1 Å². The molecule has 138 valence electrons. The van der Waals surface area contributed by atoms with Crippen molar-refractivity contribution in [3.63, 3.8) is 0 Å². The normalized spacial score (nSPS) is 12.6. The quantitative estimate of drug-likeness (QED) is 0.597. The van der Waals surface area contributed by atoms with E-state index in [1.807, 2.05) is 41.3 Å². The van der Waals surface area contributed by atoms with Gasteiger partial charge in [-0.15, -0.1) is 28.2 Å². The minimum absolute atomic E-state index is 0.189. The summed E-state index contributed by atoms with van der Waals surface area (Å²) >= 11 is 3.66. The first-order valence-corrected chi connectivity index (χ1v) is 10.5. The lowest BCUT2D eigenvalue weighted by Gasteiger charge is -2.09. The predicted octanol–water partition coefficient (Wildman–Crippen LogP) is 3.70. The molecular formula is C19H25N5S2. The Morgan fingerprint density at radius 1 is 1.23 bits per heavy atom. The molecule has 3 rings (SSSR count). The van der Waals surface area contributed by atoms with E-state index in [-0.39, 0.29) is 5.25 Å². The SMILES string of the molecule is CC(SCc1csc(CN(C)C)c1)c1nc(Cc2ccccc2)nn1N. The van der Waals surface area contributed by atoms with Gasteiger partial charge in [-0.25, -0.2) is 4.98 Å². The van der Waals surface area contributed by atoms with Gasteiger partial charge >= 0.3 is 0 Å². The van der Waals surface area contributed by atoms with E-state index in [1.54, 1.807) is 0 Å². The van der Waals surface area contributed by atoms with Crippen LogP contribution in [0.15, 0.2) is 41.8 Å². The van der Waals surface area contributed by atoms with E-state index in [1.165, 1.54) is 20.8 Å². The van der Waals surface area contributed by atoms with E-state index < -0.39 is 0 Å². The van der Waals surface area contributed by atoms with Crippen LogP contribution in [0.1, 0.15) is 39.8 Å². The van der Waals surface area contributed by atoms with Crippen LogP contribution in [0.5, 0.6) is 0 Å². The largest absolute Gasteiger partial charge is 0.321 e. The van der Waals surface area contributed by atoms with E-state index in [0.29, 0.717) is 6.42 Å². The molecule has 7 heteroatoms. The number of thiophene rings is 1. The number of hydrogen-bond donors (Lipinski definition) is 1. The molecule has 2 N–H and O–H groups in total. The standard InChI is InChI=1S/C19H25N5S2/c1-14(25-12-16-9-17(26-13-16)11-23(2)3)19-21-18(22-24(19)20)10-15-7-5-4-6-8-15/h4-9,13-14H,10-12,20H2,1-3H3. The molecule has 0 aliphatic heterocycles. The summed E-state index contributed by atoms with van der Waals surface area (Å²) in [5, 5.41) is 6.82. The maximum absolute atomic E-state index is 6.05. The number of nitrogen functional groups attached to an aromatic ring is 1. The zero-order valence-electron chi connectivity index (χ0n) is 15.4. The minimum atomic E-state index is 0.189. The Hall–Kier alpha value is -1.83. The molecule has 5 nitrogen and oxygen atoms in total. The molecule has 0 aliphatic rings. The maximum Gasteiger partial charge on any atom is 0.162 e. The first kappa shape index (κ1) is 18.9. The van der Waals surface area contributed by atoms with Crippen LogP contribution < -0.4 is 5.84 Å². The third kappa shape index (κ3) is 5.09. The van der Waals surface area contributed by atoms with Crippen molar-refractivity contribution in [2.24, 2.45) is 0 Å². The summed E-state index contributed by atoms with van der Waals surface area (Å²) < 4.78 is 0. The van der Waals surface area contributed by atoms with Gasteiger partial charge in [0.2, 0.25) is 0 Å². The second-order valence-electron chi connectivity index (χ2n) is 6.61. The van der Waals surface area contributed by atoms with E-state index >= 15 is 0 Å². The number of nitrogens with zero attached hydrogens (tertiary/aromatic N) is 4. The van der Waals surface area contributed by atoms with Crippen molar-refractivity contribution in [1.29, 1.82) is 0 Å². The lowest BCUT2D eigenvalue weighted by Crippen LogP contribution is -2.15. The van der Waals surface area contributed by atoms with Gasteiger partial charge in [0.15, 0.2) is 11.6 Å². The van der Waals surface area contributed by atoms with E-state index in [0.717, 1.165) is 23.9 Å². The van der Waals surface area contributed by atoms with Crippen LogP contribution in [0, 0.1) is 0 Å². The summed E-state index contributed by atoms with van der Waals surface area (Å²) in [5.41, 5.74) is 2.55. The monoisotopic (exact) mass is 387 g/mol. The van der Waals surface area contributed by atoms with Crippen molar-refractivity contribution in [2.75, 3.05) is 19.9 Å². The van der Waals surface area contributed by atoms with Crippen LogP contribution in [0.25, 0.3) is 0 Å². The number of benzene rings is 1. The van der Waals surface area contributed by atoms with Gasteiger partial charge in [0.25, 0.3) is 0 Å². The van der Waals surface area contributed by atoms with Crippen molar-refractivity contribution in [2.45, 2.75) is 30.9 Å². The highest BCUT2D eigenvalue weighted by Crippen LogP contribution is 2.31. The Balaban J connectivity index is 1.59. The van der Waals surface area contributed by atoms with Crippen LogP contribution in [0.2, 0.25) is 0 Å². The van der Waals surface area contributed by atoms with Gasteiger partial charge in [-0.2, -0.15) is 4.79 Å². The van der Waals surface area contributed by atoms with Crippen LogP contribution in [0.4, 0.5) is 0 Å². The Bertz CT molecular complexity index is 826. The fourth-order valence-corrected chi connectivity index (χ4v) is 4.73. The molecule has 2 heterocycles. The highest BCUT2D eigenvalue weighted by Gasteiger charge is 2.16. The molecule has 0 fully saturated rings. The first-order chi connectivity index (χ1) is 12.5. The molecule has 1 atom stereocenters. The first-order valence-electron chi connectivity index (χ1n) is 8.58. The number of rotatable bonds is 8. The molecule has 0 radical (unpaired) electrons. The maximum atomic E-state index is 6.05. The molecule has 0 aliphatic carbocycles. The summed E-state index contributed by atoms with van der Waals surface area (Å²) in [7, 11) is 4.19. The van der Waals surface area contributed by atoms with Gasteiger partial charge in [0.05, 0.1) is 5.25 Å². The number of thioether (sulfide) groups is 1. The molecular weight excluding hydrogens is 362 g/mol. The molecule has 0 bridgehead atoms. The average molecular weight is 388 g/mol. The highest BCUT2D eigenvalue weighted by molar-refractivity contribution is 7.98. The molecule has 3 aromatic rings. The molecule has 0 saturated heterocycles. The van der Waals surface area contributed by atoms with Crippen molar-refractivity contribution < 1.29 is 0 Å². The summed E-state index contributed by atoms with van der Waals surface area (Å²) in [6, 6.07) is 12.5. The molecule has 0 saturated carbocycles. The van der Waals surface area contributed by atoms with Gasteiger partial charge in [0, 0.05) is 23.6 Å². The molecule has 1 aromatic carbocycles. The zero-order valence-corrected chi connectivity index (χ0v) is 17.1. The second-order valence-corrected chi connectivity index (χ2v) is 8.93. The van der Waals surface area contributed by atoms with Gasteiger partial charge in [0.1, 0.15) is 0 Å². The van der Waals surface area contributed by atoms with Gasteiger partial charge in [-0.05, 0) is 43.6 Å². The summed E-state index contributed by atoms with van der Waals surface area (Å²) in [4.78, 5) is 9.68. The Labute approximate surface area is 163 Å². The van der Waals surface area contributed by atoms with Crippen LogP contribution in [-0.2, 0) is 18.7 Å². The molecule has 1 unspecified atom stereocenters. The van der Waals surface area contributed by atoms with E-state index in [2.05, 4.69) is 59.6 Å². The zero-order chi connectivity index (χ0) is 18.5. The second kappa shape index (κ2) is 8.70. The smallest absolute Gasteiger partial charge is 0.162 e. The Morgan fingerprint density at radius 2 is 2.00 bits per heavy atom. The summed E-state index contributed by atoms with van der Waals surface area (Å²) in [6.45, 7) is 3.13. The summed E-state index contributed by atoms with van der Waals surface area (Å²) in [6.07, 6.45) is 0.702. The highest BCUT2D eigenvalue weighted by atomic mass is 32.2. The van der Waals surface area contributed by atoms with Gasteiger partial charge in [-0.3, -0.25) is 0 Å². The fraction of sp³-hybridized carbons (Fsp3) is 0.368. The number of nitrogens with two attached hydrogens (primary N) is 1. The third-order valence-corrected chi connectivity index (χ3v) is 6.13.